The summed E-state index contributed by atoms with van der Waals surface area (Å²) >= 11 is 0. The zero-order valence-electron chi connectivity index (χ0n) is 9.94. The first-order valence-electron chi connectivity index (χ1n) is 5.14. The predicted molar refractivity (Wildman–Crippen MR) is 64.0 cm³/mol. The summed E-state index contributed by atoms with van der Waals surface area (Å²) in [6, 6.07) is 4.59. The van der Waals surface area contributed by atoms with Crippen molar-refractivity contribution in [3.63, 3.8) is 0 Å². The number of hydrogen-bond acceptors (Lipinski definition) is 2. The Kier molecular flexibility index (Phi) is 4.55. The molecule has 1 aromatic rings. The van der Waals surface area contributed by atoms with Crippen LogP contribution in [0.3, 0.4) is 0 Å². The van der Waals surface area contributed by atoms with Crippen molar-refractivity contribution in [3.05, 3.63) is 35.9 Å². The van der Waals surface area contributed by atoms with E-state index >= 15 is 0 Å². The molecule has 0 heterocycles. The van der Waals surface area contributed by atoms with E-state index in [0.29, 0.717) is 5.56 Å². The summed E-state index contributed by atoms with van der Waals surface area (Å²) in [6.07, 6.45) is 2.64. The van der Waals surface area contributed by atoms with Crippen LogP contribution < -0.4 is 5.46 Å². The number of benzene rings is 1. The van der Waals surface area contributed by atoms with Crippen LogP contribution in [0.2, 0.25) is 0 Å². The van der Waals surface area contributed by atoms with E-state index in [1.54, 1.807) is 0 Å². The van der Waals surface area contributed by atoms with E-state index in [-0.39, 0.29) is 0 Å². The number of carbonyl (C=O) groups is 1. The zero-order valence-corrected chi connectivity index (χ0v) is 9.94. The van der Waals surface area contributed by atoms with Crippen LogP contribution in [0.25, 0.3) is 6.08 Å². The second-order valence-electron chi connectivity index (χ2n) is 3.59. The highest BCUT2D eigenvalue weighted by molar-refractivity contribution is 6.73. The molecule has 1 rings (SSSR count). The van der Waals surface area contributed by atoms with Gasteiger partial charge in [-0.05, 0) is 11.6 Å². The molecule has 98 valence electrons. The first-order valence-corrected chi connectivity index (χ1v) is 5.14. The second kappa shape index (κ2) is 5.73. The standard InChI is InChI=1S/C11H12BF3NO2/c1-16(18-2)11(17)8-5-9-3-6-10(7-4-9)12(13,14)15/h3-8H,1-2H3/q-1/b8-5+. The van der Waals surface area contributed by atoms with Crippen LogP contribution in [0.4, 0.5) is 12.9 Å². The molecule has 0 aromatic heterocycles. The van der Waals surface area contributed by atoms with Gasteiger partial charge in [0.25, 0.3) is 5.91 Å². The number of nitrogens with zero attached hydrogens (tertiary/aromatic N) is 1. The van der Waals surface area contributed by atoms with Gasteiger partial charge in [-0.2, -0.15) is 0 Å². The van der Waals surface area contributed by atoms with E-state index in [9.17, 15) is 17.7 Å². The maximum Gasteiger partial charge on any atom is 0.509 e. The van der Waals surface area contributed by atoms with Crippen molar-refractivity contribution in [2.45, 2.75) is 0 Å². The number of carbonyl (C=O) groups excluding carboxylic acids is 1. The van der Waals surface area contributed by atoms with Crippen molar-refractivity contribution in [1.82, 2.24) is 5.06 Å². The van der Waals surface area contributed by atoms with Gasteiger partial charge in [0.2, 0.25) is 0 Å². The molecule has 0 fully saturated rings. The molecule has 0 atom stereocenters. The highest BCUT2D eigenvalue weighted by Crippen LogP contribution is 2.10. The van der Waals surface area contributed by atoms with E-state index in [2.05, 4.69) is 4.84 Å². The summed E-state index contributed by atoms with van der Waals surface area (Å²) in [7, 11) is 2.77. The molecule has 0 bridgehead atoms. The Hall–Kier alpha value is -1.76. The summed E-state index contributed by atoms with van der Waals surface area (Å²) in [4.78, 5) is 16.0. The van der Waals surface area contributed by atoms with Gasteiger partial charge in [-0.3, -0.25) is 9.63 Å². The van der Waals surface area contributed by atoms with Gasteiger partial charge in [0, 0.05) is 13.1 Å². The van der Waals surface area contributed by atoms with Crippen molar-refractivity contribution < 1.29 is 22.6 Å². The van der Waals surface area contributed by atoms with E-state index in [1.807, 2.05) is 0 Å². The lowest BCUT2D eigenvalue weighted by atomic mass is 9.80. The number of rotatable bonds is 4. The van der Waals surface area contributed by atoms with Gasteiger partial charge in [0.1, 0.15) is 0 Å². The van der Waals surface area contributed by atoms with Gasteiger partial charge in [-0.1, -0.05) is 24.3 Å². The molecule has 3 nitrogen and oxygen atoms in total. The van der Waals surface area contributed by atoms with E-state index < -0.39 is 18.3 Å². The van der Waals surface area contributed by atoms with Crippen LogP contribution in [-0.2, 0) is 9.63 Å². The molecule has 18 heavy (non-hydrogen) atoms. The molecule has 7 heteroatoms. The van der Waals surface area contributed by atoms with E-state index in [4.69, 9.17) is 0 Å². The van der Waals surface area contributed by atoms with Gasteiger partial charge in [-0.25, -0.2) is 5.06 Å². The third-order valence-electron chi connectivity index (χ3n) is 2.32. The Labute approximate surface area is 103 Å². The lowest BCUT2D eigenvalue weighted by molar-refractivity contribution is -0.162. The van der Waals surface area contributed by atoms with Crippen molar-refractivity contribution in [1.29, 1.82) is 0 Å². The number of likely N-dealkylation sites (N-methyl/N-ethyl adjacent to an activating group) is 1. The first kappa shape index (κ1) is 14.3. The summed E-state index contributed by atoms with van der Waals surface area (Å²) in [5, 5.41) is 1.00. The molecule has 1 aromatic carbocycles. The average molecular weight is 258 g/mol. The SMILES string of the molecule is CON(C)C(=O)/C=C/c1ccc([B-](F)(F)F)cc1. The molecule has 0 spiro atoms. The number of hydrogen-bond donors (Lipinski definition) is 0. The molecule has 0 saturated heterocycles. The Morgan fingerprint density at radius 3 is 2.28 bits per heavy atom. The third-order valence-corrected chi connectivity index (χ3v) is 2.32. The van der Waals surface area contributed by atoms with Crippen molar-refractivity contribution in [3.8, 4) is 0 Å². The smallest absolute Gasteiger partial charge is 0.445 e. The Bertz CT molecular complexity index is 443. The fourth-order valence-electron chi connectivity index (χ4n) is 1.19. The zero-order chi connectivity index (χ0) is 13.8. The van der Waals surface area contributed by atoms with E-state index in [1.165, 1.54) is 38.4 Å². The molecular formula is C11H12BF3NO2-. The number of amides is 1. The summed E-state index contributed by atoms with van der Waals surface area (Å²) in [5.74, 6) is -0.401. The minimum atomic E-state index is -4.98. The fraction of sp³-hybridized carbons (Fsp3) is 0.182. The normalized spacial score (nSPS) is 11.8. The Balaban J connectivity index is 2.76. The molecule has 0 N–H and O–H groups in total. The molecule has 0 radical (unpaired) electrons. The van der Waals surface area contributed by atoms with Crippen LogP contribution in [0.1, 0.15) is 5.56 Å². The number of hydroxylamine groups is 2. The van der Waals surface area contributed by atoms with Crippen LogP contribution >= 0.6 is 0 Å². The topological polar surface area (TPSA) is 29.5 Å². The summed E-state index contributed by atoms with van der Waals surface area (Å²) in [5.41, 5.74) is -0.149. The van der Waals surface area contributed by atoms with Crippen LogP contribution in [0, 0.1) is 0 Å². The quantitative estimate of drug-likeness (QED) is 0.468. The lowest BCUT2D eigenvalue weighted by Gasteiger charge is -2.14. The lowest BCUT2D eigenvalue weighted by Crippen LogP contribution is -2.33. The average Bonchev–Trinajstić information content (AvgIpc) is 2.34. The molecule has 0 aliphatic carbocycles. The fourth-order valence-corrected chi connectivity index (χ4v) is 1.19. The second-order valence-corrected chi connectivity index (χ2v) is 3.59. The Morgan fingerprint density at radius 2 is 1.83 bits per heavy atom. The summed E-state index contributed by atoms with van der Waals surface area (Å²) < 4.78 is 37.1. The largest absolute Gasteiger partial charge is 0.509 e. The van der Waals surface area contributed by atoms with Crippen LogP contribution in [-0.4, -0.2) is 32.1 Å². The minimum Gasteiger partial charge on any atom is -0.445 e. The monoisotopic (exact) mass is 258 g/mol. The molecule has 0 aliphatic heterocycles. The van der Waals surface area contributed by atoms with E-state index in [0.717, 1.165) is 17.2 Å². The maximum absolute atomic E-state index is 12.4. The summed E-state index contributed by atoms with van der Waals surface area (Å²) in [6.45, 7) is -4.98. The molecular weight excluding hydrogens is 246 g/mol. The first-order chi connectivity index (χ1) is 8.34. The predicted octanol–water partition coefficient (Wildman–Crippen LogP) is 1.77. The number of halogens is 3. The van der Waals surface area contributed by atoms with Crippen LogP contribution in [0.5, 0.6) is 0 Å². The Morgan fingerprint density at radius 1 is 1.28 bits per heavy atom. The van der Waals surface area contributed by atoms with Gasteiger partial charge in [0.05, 0.1) is 7.11 Å². The van der Waals surface area contributed by atoms with Gasteiger partial charge in [0.15, 0.2) is 0 Å². The van der Waals surface area contributed by atoms with Gasteiger partial charge in [-0.15, -0.1) is 5.46 Å². The highest BCUT2D eigenvalue weighted by Gasteiger charge is 2.24. The van der Waals surface area contributed by atoms with Crippen molar-refractivity contribution >= 4 is 24.4 Å². The molecule has 0 saturated carbocycles. The van der Waals surface area contributed by atoms with Crippen LogP contribution in [0.15, 0.2) is 30.3 Å². The third kappa shape index (κ3) is 3.92. The molecule has 1 amide bonds. The van der Waals surface area contributed by atoms with Crippen molar-refractivity contribution in [2.75, 3.05) is 14.2 Å². The molecule has 0 unspecified atom stereocenters. The van der Waals surface area contributed by atoms with Gasteiger partial charge >= 0.3 is 6.98 Å². The minimum absolute atomic E-state index is 0.401. The van der Waals surface area contributed by atoms with Gasteiger partial charge < -0.3 is 12.9 Å². The highest BCUT2D eigenvalue weighted by atomic mass is 19.4. The molecule has 0 aliphatic rings. The maximum atomic E-state index is 12.4. The van der Waals surface area contributed by atoms with Crippen molar-refractivity contribution in [2.24, 2.45) is 0 Å².